The van der Waals surface area contributed by atoms with Crippen LogP contribution in [-0.2, 0) is 0 Å². The average Bonchev–Trinajstić information content (AvgIpc) is 2.34. The summed E-state index contributed by atoms with van der Waals surface area (Å²) in [6.45, 7) is 0. The summed E-state index contributed by atoms with van der Waals surface area (Å²) in [7, 11) is 1.61. The second kappa shape index (κ2) is 5.41. The number of nitrogens with two attached hydrogens (primary N) is 1. The zero-order valence-electron chi connectivity index (χ0n) is 9.45. The van der Waals surface area contributed by atoms with Crippen LogP contribution in [0.2, 0.25) is 5.28 Å². The highest BCUT2D eigenvalue weighted by Gasteiger charge is 2.06. The van der Waals surface area contributed by atoms with Gasteiger partial charge in [-0.15, -0.1) is 0 Å². The molecule has 0 spiro atoms. The molecule has 5 nitrogen and oxygen atoms in total. The summed E-state index contributed by atoms with van der Waals surface area (Å²) in [5.74, 6) is 1.21. The minimum absolute atomic E-state index is 0.138. The summed E-state index contributed by atoms with van der Waals surface area (Å²) in [4.78, 5) is 7.80. The number of benzene rings is 1. The maximum atomic E-state index is 5.75. The van der Waals surface area contributed by atoms with Crippen molar-refractivity contribution in [2.75, 3.05) is 18.2 Å². The van der Waals surface area contributed by atoms with E-state index < -0.39 is 0 Å². The Balaban J connectivity index is 2.28. The van der Waals surface area contributed by atoms with E-state index in [1.54, 1.807) is 7.11 Å². The molecule has 3 N–H and O–H groups in total. The Morgan fingerprint density at radius 1 is 1.44 bits per heavy atom. The van der Waals surface area contributed by atoms with Crippen molar-refractivity contribution < 1.29 is 4.74 Å². The van der Waals surface area contributed by atoms with Gasteiger partial charge in [0.1, 0.15) is 5.75 Å². The standard InChI is InChI=1S/C11H10BrClN4O/c1-18-9-3-2-6(4-7(9)12)16-10-8(14)5-15-11(13)17-10/h2-5H,14H2,1H3,(H,15,16,17). The summed E-state index contributed by atoms with van der Waals surface area (Å²) in [5, 5.41) is 3.20. The third-order valence-electron chi connectivity index (χ3n) is 2.20. The normalized spacial score (nSPS) is 10.2. The molecule has 1 aromatic heterocycles. The third-order valence-corrected chi connectivity index (χ3v) is 3.00. The molecule has 0 amide bonds. The zero-order valence-corrected chi connectivity index (χ0v) is 11.8. The predicted molar refractivity (Wildman–Crippen MR) is 75.4 cm³/mol. The number of ether oxygens (including phenoxy) is 1. The summed E-state index contributed by atoms with van der Waals surface area (Å²) >= 11 is 9.11. The quantitative estimate of drug-likeness (QED) is 0.846. The van der Waals surface area contributed by atoms with Gasteiger partial charge < -0.3 is 15.8 Å². The molecule has 0 fully saturated rings. The van der Waals surface area contributed by atoms with Crippen molar-refractivity contribution in [3.8, 4) is 5.75 Å². The maximum Gasteiger partial charge on any atom is 0.224 e. The molecular formula is C11H10BrClN4O. The monoisotopic (exact) mass is 328 g/mol. The topological polar surface area (TPSA) is 73.1 Å². The first-order valence-corrected chi connectivity index (χ1v) is 6.16. The highest BCUT2D eigenvalue weighted by atomic mass is 79.9. The molecular weight excluding hydrogens is 320 g/mol. The van der Waals surface area contributed by atoms with Crippen LogP contribution < -0.4 is 15.8 Å². The lowest BCUT2D eigenvalue weighted by atomic mass is 10.3. The van der Waals surface area contributed by atoms with Crippen LogP contribution in [0.4, 0.5) is 17.2 Å². The Hall–Kier alpha value is -1.53. The summed E-state index contributed by atoms with van der Waals surface area (Å²) in [6, 6.07) is 5.53. The number of methoxy groups -OCH3 is 1. The Labute approximate surface area is 117 Å². The fraction of sp³-hybridized carbons (Fsp3) is 0.0909. The highest BCUT2D eigenvalue weighted by Crippen LogP contribution is 2.30. The predicted octanol–water partition coefficient (Wildman–Crippen LogP) is 3.23. The number of halogens is 2. The number of anilines is 3. The Morgan fingerprint density at radius 3 is 2.89 bits per heavy atom. The van der Waals surface area contributed by atoms with E-state index in [0.717, 1.165) is 15.9 Å². The minimum atomic E-state index is 0.138. The van der Waals surface area contributed by atoms with Gasteiger partial charge in [0, 0.05) is 5.69 Å². The molecule has 0 unspecified atom stereocenters. The fourth-order valence-electron chi connectivity index (χ4n) is 1.35. The van der Waals surface area contributed by atoms with Crippen molar-refractivity contribution in [3.63, 3.8) is 0 Å². The SMILES string of the molecule is COc1ccc(Nc2nc(Cl)ncc2N)cc1Br. The van der Waals surface area contributed by atoms with E-state index in [2.05, 4.69) is 31.2 Å². The van der Waals surface area contributed by atoms with E-state index in [0.29, 0.717) is 11.5 Å². The van der Waals surface area contributed by atoms with Gasteiger partial charge in [0.25, 0.3) is 0 Å². The molecule has 2 rings (SSSR count). The first-order valence-electron chi connectivity index (χ1n) is 4.98. The summed E-state index contributed by atoms with van der Waals surface area (Å²) < 4.78 is 5.97. The molecule has 7 heteroatoms. The molecule has 0 bridgehead atoms. The van der Waals surface area contributed by atoms with Gasteiger partial charge in [-0.3, -0.25) is 0 Å². The van der Waals surface area contributed by atoms with Gasteiger partial charge in [0.05, 0.1) is 23.5 Å². The first-order chi connectivity index (χ1) is 8.60. The minimum Gasteiger partial charge on any atom is -0.496 e. The van der Waals surface area contributed by atoms with Gasteiger partial charge in [-0.1, -0.05) is 0 Å². The van der Waals surface area contributed by atoms with Gasteiger partial charge >= 0.3 is 0 Å². The van der Waals surface area contributed by atoms with Crippen molar-refractivity contribution >= 4 is 44.7 Å². The summed E-state index contributed by atoms with van der Waals surface area (Å²) in [6.07, 6.45) is 1.45. The second-order valence-electron chi connectivity index (χ2n) is 3.42. The van der Waals surface area contributed by atoms with E-state index in [9.17, 15) is 0 Å². The second-order valence-corrected chi connectivity index (χ2v) is 4.61. The van der Waals surface area contributed by atoms with E-state index in [1.165, 1.54) is 6.20 Å². The van der Waals surface area contributed by atoms with Crippen LogP contribution in [0.15, 0.2) is 28.9 Å². The number of nitrogen functional groups attached to an aromatic ring is 1. The number of rotatable bonds is 3. The summed E-state index contributed by atoms with van der Waals surface area (Å²) in [5.41, 5.74) is 6.98. The van der Waals surface area contributed by atoms with Crippen molar-refractivity contribution in [1.29, 1.82) is 0 Å². The van der Waals surface area contributed by atoms with Crippen LogP contribution in [0.3, 0.4) is 0 Å². The Morgan fingerprint density at radius 2 is 2.22 bits per heavy atom. The molecule has 94 valence electrons. The molecule has 0 radical (unpaired) electrons. The van der Waals surface area contributed by atoms with Crippen molar-refractivity contribution in [1.82, 2.24) is 9.97 Å². The number of nitrogens with zero attached hydrogens (tertiary/aromatic N) is 2. The molecule has 1 heterocycles. The molecule has 2 aromatic rings. The van der Waals surface area contributed by atoms with Crippen LogP contribution in [-0.4, -0.2) is 17.1 Å². The van der Waals surface area contributed by atoms with E-state index >= 15 is 0 Å². The van der Waals surface area contributed by atoms with Gasteiger partial charge in [0.2, 0.25) is 5.28 Å². The number of hydrogen-bond donors (Lipinski definition) is 2. The van der Waals surface area contributed by atoms with Gasteiger partial charge in [0.15, 0.2) is 5.82 Å². The molecule has 1 aromatic carbocycles. The number of nitrogens with one attached hydrogen (secondary N) is 1. The molecule has 0 atom stereocenters. The number of aromatic nitrogens is 2. The highest BCUT2D eigenvalue weighted by molar-refractivity contribution is 9.10. The van der Waals surface area contributed by atoms with Crippen LogP contribution >= 0.6 is 27.5 Å². The largest absolute Gasteiger partial charge is 0.496 e. The van der Waals surface area contributed by atoms with Crippen LogP contribution in [0.1, 0.15) is 0 Å². The van der Waals surface area contributed by atoms with Gasteiger partial charge in [-0.2, -0.15) is 4.98 Å². The average molecular weight is 330 g/mol. The lowest BCUT2D eigenvalue weighted by molar-refractivity contribution is 0.412. The lowest BCUT2D eigenvalue weighted by Gasteiger charge is -2.10. The van der Waals surface area contributed by atoms with Crippen LogP contribution in [0.5, 0.6) is 5.75 Å². The molecule has 0 aliphatic heterocycles. The van der Waals surface area contributed by atoms with E-state index in [1.807, 2.05) is 18.2 Å². The van der Waals surface area contributed by atoms with Crippen LogP contribution in [0, 0.1) is 0 Å². The molecule has 0 aliphatic rings. The Bertz CT molecular complexity index is 579. The Kier molecular flexibility index (Phi) is 3.88. The fourth-order valence-corrected chi connectivity index (χ4v) is 2.02. The van der Waals surface area contributed by atoms with Gasteiger partial charge in [-0.05, 0) is 45.7 Å². The molecule has 18 heavy (non-hydrogen) atoms. The maximum absolute atomic E-state index is 5.75. The van der Waals surface area contributed by atoms with Gasteiger partial charge in [-0.25, -0.2) is 4.98 Å². The van der Waals surface area contributed by atoms with Crippen molar-refractivity contribution in [2.24, 2.45) is 0 Å². The molecule has 0 saturated carbocycles. The lowest BCUT2D eigenvalue weighted by Crippen LogP contribution is -2.00. The third kappa shape index (κ3) is 2.83. The van der Waals surface area contributed by atoms with Crippen molar-refractivity contribution in [3.05, 3.63) is 34.2 Å². The number of hydrogen-bond acceptors (Lipinski definition) is 5. The zero-order chi connectivity index (χ0) is 13.1. The molecule has 0 saturated heterocycles. The van der Waals surface area contributed by atoms with Crippen LogP contribution in [0.25, 0.3) is 0 Å². The first kappa shape index (κ1) is 12.9. The molecule has 0 aliphatic carbocycles. The van der Waals surface area contributed by atoms with E-state index in [-0.39, 0.29) is 5.28 Å². The van der Waals surface area contributed by atoms with E-state index in [4.69, 9.17) is 22.1 Å². The van der Waals surface area contributed by atoms with Crippen molar-refractivity contribution in [2.45, 2.75) is 0 Å². The smallest absolute Gasteiger partial charge is 0.224 e.